The molecule has 0 aliphatic carbocycles. The molecule has 0 radical (unpaired) electrons. The van der Waals surface area contributed by atoms with Crippen LogP contribution < -0.4 is 10.1 Å². The van der Waals surface area contributed by atoms with Gasteiger partial charge >= 0.3 is 0 Å². The molecule has 1 aromatic heterocycles. The molecule has 29 heavy (non-hydrogen) atoms. The number of hydrogen-bond donors (Lipinski definition) is 1. The number of anilines is 1. The Morgan fingerprint density at radius 1 is 1.03 bits per heavy atom. The number of benzene rings is 3. The highest BCUT2D eigenvalue weighted by Crippen LogP contribution is 2.30. The van der Waals surface area contributed by atoms with E-state index in [9.17, 15) is 4.79 Å². The average molecular weight is 407 g/mol. The molecule has 0 atom stereocenters. The highest BCUT2D eigenvalue weighted by Gasteiger charge is 2.13. The quantitative estimate of drug-likeness (QED) is 0.449. The number of aryl methyl sites for hydroxylation is 2. The van der Waals surface area contributed by atoms with Crippen molar-refractivity contribution in [3.63, 3.8) is 0 Å². The summed E-state index contributed by atoms with van der Waals surface area (Å²) in [6.45, 7) is 3.83. The molecule has 3 aromatic carbocycles. The van der Waals surface area contributed by atoms with Crippen LogP contribution in [0.3, 0.4) is 0 Å². The van der Waals surface area contributed by atoms with Gasteiger partial charge in [-0.15, -0.1) is 0 Å². The standard InChI is InChI=1S/C23H19ClN2O3/c1-13-4-6-15(10-18(13)24)22(27)25-19-11-16(7-5-14(19)2)23-26-20-12-17(28-3)8-9-21(20)29-23/h4-12H,1-3H3,(H,25,27). The Labute approximate surface area is 173 Å². The molecule has 1 heterocycles. The molecule has 0 saturated carbocycles. The molecule has 0 aliphatic heterocycles. The predicted molar refractivity (Wildman–Crippen MR) is 115 cm³/mol. The van der Waals surface area contributed by atoms with Crippen molar-refractivity contribution in [2.75, 3.05) is 12.4 Å². The van der Waals surface area contributed by atoms with E-state index in [1.807, 2.05) is 56.3 Å². The molecule has 146 valence electrons. The summed E-state index contributed by atoms with van der Waals surface area (Å²) in [5.74, 6) is 0.961. The second kappa shape index (κ2) is 7.60. The van der Waals surface area contributed by atoms with E-state index in [-0.39, 0.29) is 5.91 Å². The van der Waals surface area contributed by atoms with Crippen LogP contribution in [0.25, 0.3) is 22.6 Å². The normalized spacial score (nSPS) is 10.9. The monoisotopic (exact) mass is 406 g/mol. The third-order valence-electron chi connectivity index (χ3n) is 4.76. The zero-order valence-corrected chi connectivity index (χ0v) is 17.0. The number of nitrogens with one attached hydrogen (secondary N) is 1. The van der Waals surface area contributed by atoms with Gasteiger partial charge in [0.1, 0.15) is 11.3 Å². The Balaban J connectivity index is 1.65. The molecular formula is C23H19ClN2O3. The minimum atomic E-state index is -0.227. The number of nitrogens with zero attached hydrogens (tertiary/aromatic N) is 1. The highest BCUT2D eigenvalue weighted by atomic mass is 35.5. The largest absolute Gasteiger partial charge is 0.497 e. The van der Waals surface area contributed by atoms with Crippen molar-refractivity contribution in [3.8, 4) is 17.2 Å². The number of halogens is 1. The summed E-state index contributed by atoms with van der Waals surface area (Å²) in [5, 5.41) is 3.51. The molecule has 1 amide bonds. The average Bonchev–Trinajstić information content (AvgIpc) is 3.14. The first-order valence-electron chi connectivity index (χ1n) is 9.08. The molecule has 4 rings (SSSR count). The number of carbonyl (C=O) groups excluding carboxylic acids is 1. The number of oxazole rings is 1. The summed E-state index contributed by atoms with van der Waals surface area (Å²) >= 11 is 6.15. The number of hydrogen-bond acceptors (Lipinski definition) is 4. The molecule has 1 N–H and O–H groups in total. The van der Waals surface area contributed by atoms with Crippen molar-refractivity contribution in [1.82, 2.24) is 4.98 Å². The summed E-state index contributed by atoms with van der Waals surface area (Å²) in [6, 6.07) is 16.4. The van der Waals surface area contributed by atoms with Gasteiger partial charge < -0.3 is 14.5 Å². The van der Waals surface area contributed by atoms with E-state index in [0.717, 1.165) is 16.7 Å². The zero-order valence-electron chi connectivity index (χ0n) is 16.2. The van der Waals surface area contributed by atoms with Crippen molar-refractivity contribution >= 4 is 34.3 Å². The van der Waals surface area contributed by atoms with Crippen LogP contribution in [0.15, 0.2) is 59.0 Å². The molecular weight excluding hydrogens is 388 g/mol. The van der Waals surface area contributed by atoms with Gasteiger partial charge in [-0.2, -0.15) is 0 Å². The first kappa shape index (κ1) is 19.0. The van der Waals surface area contributed by atoms with Gasteiger partial charge in [0.05, 0.1) is 7.11 Å². The van der Waals surface area contributed by atoms with Crippen LogP contribution in [0.2, 0.25) is 5.02 Å². The molecule has 4 aromatic rings. The van der Waals surface area contributed by atoms with Crippen LogP contribution in [0, 0.1) is 13.8 Å². The van der Waals surface area contributed by atoms with Gasteiger partial charge in [0.25, 0.3) is 5.91 Å². The number of methoxy groups -OCH3 is 1. The van der Waals surface area contributed by atoms with Crippen molar-refractivity contribution in [2.45, 2.75) is 13.8 Å². The van der Waals surface area contributed by atoms with Gasteiger partial charge in [0, 0.05) is 27.9 Å². The smallest absolute Gasteiger partial charge is 0.255 e. The van der Waals surface area contributed by atoms with Crippen molar-refractivity contribution in [3.05, 3.63) is 76.3 Å². The topological polar surface area (TPSA) is 64.4 Å². The first-order chi connectivity index (χ1) is 13.9. The predicted octanol–water partition coefficient (Wildman–Crippen LogP) is 6.03. The molecule has 0 fully saturated rings. The van der Waals surface area contributed by atoms with Crippen LogP contribution in [0.4, 0.5) is 5.69 Å². The lowest BCUT2D eigenvalue weighted by molar-refractivity contribution is 0.102. The van der Waals surface area contributed by atoms with Gasteiger partial charge in [-0.05, 0) is 61.4 Å². The van der Waals surface area contributed by atoms with Gasteiger partial charge in [0.15, 0.2) is 5.58 Å². The Kier molecular flexibility index (Phi) is 4.99. The third-order valence-corrected chi connectivity index (χ3v) is 5.17. The Morgan fingerprint density at radius 2 is 1.83 bits per heavy atom. The molecule has 5 nitrogen and oxygen atoms in total. The van der Waals surface area contributed by atoms with Crippen molar-refractivity contribution < 1.29 is 13.9 Å². The number of amides is 1. The summed E-state index contributed by atoms with van der Waals surface area (Å²) < 4.78 is 11.1. The summed E-state index contributed by atoms with van der Waals surface area (Å²) in [5.41, 5.74) is 5.18. The van der Waals surface area contributed by atoms with E-state index in [4.69, 9.17) is 20.8 Å². The molecule has 0 spiro atoms. The summed E-state index contributed by atoms with van der Waals surface area (Å²) in [4.78, 5) is 17.2. The van der Waals surface area contributed by atoms with Gasteiger partial charge in [-0.3, -0.25) is 4.79 Å². The molecule has 0 unspecified atom stereocenters. The van der Waals surface area contributed by atoms with Crippen LogP contribution >= 0.6 is 11.6 Å². The second-order valence-electron chi connectivity index (χ2n) is 6.80. The van der Waals surface area contributed by atoms with Crippen LogP contribution in [-0.4, -0.2) is 18.0 Å². The SMILES string of the molecule is COc1ccc2oc(-c3ccc(C)c(NC(=O)c4ccc(C)c(Cl)c4)c3)nc2c1. The van der Waals surface area contributed by atoms with Crippen LogP contribution in [0.1, 0.15) is 21.5 Å². The van der Waals surface area contributed by atoms with Crippen molar-refractivity contribution in [1.29, 1.82) is 0 Å². The maximum atomic E-state index is 12.7. The van der Waals surface area contributed by atoms with E-state index in [2.05, 4.69) is 10.3 Å². The van der Waals surface area contributed by atoms with Gasteiger partial charge in [0.2, 0.25) is 5.89 Å². The van der Waals surface area contributed by atoms with E-state index in [1.54, 1.807) is 19.2 Å². The van der Waals surface area contributed by atoms with E-state index >= 15 is 0 Å². The molecule has 0 bridgehead atoms. The van der Waals surface area contributed by atoms with Gasteiger partial charge in [-0.25, -0.2) is 4.98 Å². The van der Waals surface area contributed by atoms with E-state index < -0.39 is 0 Å². The van der Waals surface area contributed by atoms with Crippen LogP contribution in [-0.2, 0) is 0 Å². The first-order valence-corrected chi connectivity index (χ1v) is 9.45. The fraction of sp³-hybridized carbons (Fsp3) is 0.130. The van der Waals surface area contributed by atoms with Crippen LogP contribution in [0.5, 0.6) is 5.75 Å². The third kappa shape index (κ3) is 3.82. The fourth-order valence-electron chi connectivity index (χ4n) is 2.98. The molecule has 0 saturated heterocycles. The zero-order chi connectivity index (χ0) is 20.5. The second-order valence-corrected chi connectivity index (χ2v) is 7.21. The lowest BCUT2D eigenvalue weighted by Gasteiger charge is -2.10. The minimum absolute atomic E-state index is 0.227. The number of fused-ring (bicyclic) bond motifs is 1. The molecule has 6 heteroatoms. The van der Waals surface area contributed by atoms with Gasteiger partial charge in [-0.1, -0.05) is 23.7 Å². The number of rotatable bonds is 4. The maximum absolute atomic E-state index is 12.7. The Morgan fingerprint density at radius 3 is 2.59 bits per heavy atom. The fourth-order valence-corrected chi connectivity index (χ4v) is 3.16. The van der Waals surface area contributed by atoms with E-state index in [0.29, 0.717) is 39.0 Å². The Bertz CT molecular complexity index is 1230. The molecule has 0 aliphatic rings. The lowest BCUT2D eigenvalue weighted by Crippen LogP contribution is -2.13. The number of ether oxygens (including phenoxy) is 1. The Hall–Kier alpha value is -3.31. The minimum Gasteiger partial charge on any atom is -0.497 e. The maximum Gasteiger partial charge on any atom is 0.255 e. The summed E-state index contributed by atoms with van der Waals surface area (Å²) in [6.07, 6.45) is 0. The lowest BCUT2D eigenvalue weighted by atomic mass is 10.1. The highest BCUT2D eigenvalue weighted by molar-refractivity contribution is 6.31. The summed E-state index contributed by atoms with van der Waals surface area (Å²) in [7, 11) is 1.61. The number of carbonyl (C=O) groups is 1. The van der Waals surface area contributed by atoms with Crippen molar-refractivity contribution in [2.24, 2.45) is 0 Å². The number of aromatic nitrogens is 1. The van der Waals surface area contributed by atoms with E-state index in [1.165, 1.54) is 0 Å².